The van der Waals surface area contributed by atoms with E-state index in [9.17, 15) is 0 Å². The monoisotopic (exact) mass is 423 g/mol. The molecule has 6 rings (SSSR count). The van der Waals surface area contributed by atoms with Crippen molar-refractivity contribution in [3.63, 3.8) is 0 Å². The van der Waals surface area contributed by atoms with Gasteiger partial charge in [-0.2, -0.15) is 5.10 Å². The Morgan fingerprint density at radius 1 is 0.875 bits per heavy atom. The van der Waals surface area contributed by atoms with Crippen LogP contribution in [0.4, 0.5) is 0 Å². The summed E-state index contributed by atoms with van der Waals surface area (Å²) >= 11 is 0. The van der Waals surface area contributed by atoms with Crippen molar-refractivity contribution in [1.82, 2.24) is 14.8 Å². The smallest absolute Gasteiger partial charge is 0.231 e. The van der Waals surface area contributed by atoms with Crippen LogP contribution in [-0.2, 0) is 0 Å². The van der Waals surface area contributed by atoms with E-state index in [1.165, 1.54) is 11.1 Å². The molecule has 0 radical (unpaired) electrons. The van der Waals surface area contributed by atoms with Gasteiger partial charge in [0, 0.05) is 22.5 Å². The summed E-state index contributed by atoms with van der Waals surface area (Å²) in [4.78, 5) is 4.72. The maximum Gasteiger partial charge on any atom is 0.231 e. The highest BCUT2D eigenvalue weighted by atomic mass is 16.7. The Bertz CT molecular complexity index is 1520. The number of rotatable bonds is 3. The minimum atomic E-state index is 0.239. The zero-order chi connectivity index (χ0) is 21.8. The van der Waals surface area contributed by atoms with E-state index in [1.807, 2.05) is 47.3 Å². The van der Waals surface area contributed by atoms with Crippen LogP contribution in [0.15, 0.2) is 60.8 Å². The van der Waals surface area contributed by atoms with Gasteiger partial charge in [0.1, 0.15) is 11.4 Å². The number of ether oxygens (including phenoxy) is 3. The summed E-state index contributed by atoms with van der Waals surface area (Å²) in [5.41, 5.74) is 7.13. The Morgan fingerprint density at radius 3 is 2.59 bits per heavy atom. The molecule has 158 valence electrons. The van der Waals surface area contributed by atoms with Gasteiger partial charge in [0.15, 0.2) is 11.5 Å². The van der Waals surface area contributed by atoms with Gasteiger partial charge in [-0.05, 0) is 73.5 Å². The van der Waals surface area contributed by atoms with Crippen molar-refractivity contribution in [2.75, 3.05) is 13.9 Å². The van der Waals surface area contributed by atoms with Gasteiger partial charge >= 0.3 is 0 Å². The molecule has 0 aliphatic carbocycles. The summed E-state index contributed by atoms with van der Waals surface area (Å²) < 4.78 is 18.6. The first kappa shape index (κ1) is 18.7. The summed E-state index contributed by atoms with van der Waals surface area (Å²) in [5, 5.41) is 7.02. The van der Waals surface area contributed by atoms with Crippen LogP contribution in [0.3, 0.4) is 0 Å². The standard InChI is InChI=1S/C26H21N3O3/c1-15-4-6-18(10-16(15)2)29-26-20-12-19(30-3)7-8-22(20)27-13-21(26)25(28-29)17-5-9-23-24(11-17)32-14-31-23/h4-13H,14H2,1-3H3. The lowest BCUT2D eigenvalue weighted by Crippen LogP contribution is -1.99. The molecule has 0 atom stereocenters. The molecule has 3 heterocycles. The molecule has 0 N–H and O–H groups in total. The Labute approximate surface area is 185 Å². The quantitative estimate of drug-likeness (QED) is 0.378. The number of nitrogens with zero attached hydrogens (tertiary/aromatic N) is 3. The van der Waals surface area contributed by atoms with Gasteiger partial charge in [-0.3, -0.25) is 4.98 Å². The highest BCUT2D eigenvalue weighted by Crippen LogP contribution is 2.39. The number of aromatic nitrogens is 3. The fourth-order valence-corrected chi connectivity index (χ4v) is 4.19. The number of aryl methyl sites for hydroxylation is 2. The molecule has 32 heavy (non-hydrogen) atoms. The molecule has 6 nitrogen and oxygen atoms in total. The van der Waals surface area contributed by atoms with Gasteiger partial charge in [0.05, 0.1) is 23.8 Å². The highest BCUT2D eigenvalue weighted by Gasteiger charge is 2.20. The van der Waals surface area contributed by atoms with Crippen molar-refractivity contribution in [2.24, 2.45) is 0 Å². The van der Waals surface area contributed by atoms with Gasteiger partial charge < -0.3 is 14.2 Å². The van der Waals surface area contributed by atoms with Crippen molar-refractivity contribution in [1.29, 1.82) is 0 Å². The van der Waals surface area contributed by atoms with Crippen molar-refractivity contribution in [3.8, 4) is 34.2 Å². The number of pyridine rings is 1. The van der Waals surface area contributed by atoms with E-state index < -0.39 is 0 Å². The lowest BCUT2D eigenvalue weighted by molar-refractivity contribution is 0.174. The van der Waals surface area contributed by atoms with E-state index in [0.29, 0.717) is 0 Å². The normalized spacial score (nSPS) is 12.6. The predicted octanol–water partition coefficient (Wildman–Crippen LogP) is 5.59. The molecule has 0 spiro atoms. The van der Waals surface area contributed by atoms with Crippen LogP contribution in [0.5, 0.6) is 17.2 Å². The molecule has 2 aromatic heterocycles. The maximum atomic E-state index is 5.60. The third-order valence-electron chi connectivity index (χ3n) is 6.09. The van der Waals surface area contributed by atoms with Crippen LogP contribution >= 0.6 is 0 Å². The Kier molecular flexibility index (Phi) is 4.08. The van der Waals surface area contributed by atoms with Crippen molar-refractivity contribution < 1.29 is 14.2 Å². The third kappa shape index (κ3) is 2.80. The maximum absolute atomic E-state index is 5.60. The van der Waals surface area contributed by atoms with Crippen LogP contribution in [0, 0.1) is 13.8 Å². The largest absolute Gasteiger partial charge is 0.497 e. The SMILES string of the molecule is COc1ccc2ncc3c(-c4ccc5c(c4)OCO5)nn(-c4ccc(C)c(C)c4)c3c2c1. The van der Waals surface area contributed by atoms with E-state index in [1.54, 1.807) is 7.11 Å². The molecule has 6 heteroatoms. The Morgan fingerprint density at radius 2 is 1.75 bits per heavy atom. The topological polar surface area (TPSA) is 58.4 Å². The summed E-state index contributed by atoms with van der Waals surface area (Å²) in [5.74, 6) is 2.26. The summed E-state index contributed by atoms with van der Waals surface area (Å²) in [6.45, 7) is 4.47. The minimum Gasteiger partial charge on any atom is -0.497 e. The number of hydrogen-bond acceptors (Lipinski definition) is 5. The van der Waals surface area contributed by atoms with E-state index in [0.717, 1.165) is 56.0 Å². The molecule has 0 bridgehead atoms. The fraction of sp³-hybridized carbons (Fsp3) is 0.154. The zero-order valence-corrected chi connectivity index (χ0v) is 18.0. The first-order valence-corrected chi connectivity index (χ1v) is 10.5. The van der Waals surface area contributed by atoms with Gasteiger partial charge in [-0.1, -0.05) is 6.07 Å². The predicted molar refractivity (Wildman–Crippen MR) is 124 cm³/mol. The number of hydrogen-bond donors (Lipinski definition) is 0. The van der Waals surface area contributed by atoms with Crippen LogP contribution < -0.4 is 14.2 Å². The molecule has 0 fully saturated rings. The number of benzene rings is 3. The zero-order valence-electron chi connectivity index (χ0n) is 18.0. The van der Waals surface area contributed by atoms with Gasteiger partial charge in [0.2, 0.25) is 6.79 Å². The second-order valence-corrected chi connectivity index (χ2v) is 8.00. The van der Waals surface area contributed by atoms with Crippen molar-refractivity contribution >= 4 is 21.8 Å². The second kappa shape index (κ2) is 6.99. The molecular weight excluding hydrogens is 402 g/mol. The van der Waals surface area contributed by atoms with E-state index in [4.69, 9.17) is 24.3 Å². The van der Waals surface area contributed by atoms with Crippen LogP contribution in [0.1, 0.15) is 11.1 Å². The number of methoxy groups -OCH3 is 1. The number of fused-ring (bicyclic) bond motifs is 4. The Hall–Kier alpha value is -4.06. The van der Waals surface area contributed by atoms with Crippen molar-refractivity contribution in [2.45, 2.75) is 13.8 Å². The summed E-state index contributed by atoms with van der Waals surface area (Å²) in [6, 6.07) is 18.2. The molecule has 1 aliphatic heterocycles. The average molecular weight is 423 g/mol. The van der Waals surface area contributed by atoms with Crippen LogP contribution in [0.2, 0.25) is 0 Å². The van der Waals surface area contributed by atoms with E-state index >= 15 is 0 Å². The molecule has 5 aromatic rings. The molecular formula is C26H21N3O3. The average Bonchev–Trinajstić information content (AvgIpc) is 3.44. The minimum absolute atomic E-state index is 0.239. The molecule has 0 saturated carbocycles. The first-order valence-electron chi connectivity index (χ1n) is 10.5. The molecule has 0 saturated heterocycles. The summed E-state index contributed by atoms with van der Waals surface area (Å²) in [7, 11) is 1.67. The second-order valence-electron chi connectivity index (χ2n) is 8.00. The summed E-state index contributed by atoms with van der Waals surface area (Å²) in [6.07, 6.45) is 1.90. The van der Waals surface area contributed by atoms with E-state index in [-0.39, 0.29) is 6.79 Å². The van der Waals surface area contributed by atoms with Crippen LogP contribution in [-0.4, -0.2) is 28.7 Å². The van der Waals surface area contributed by atoms with Gasteiger partial charge in [-0.15, -0.1) is 0 Å². The van der Waals surface area contributed by atoms with Gasteiger partial charge in [-0.25, -0.2) is 4.68 Å². The lowest BCUT2D eigenvalue weighted by atomic mass is 10.1. The van der Waals surface area contributed by atoms with Crippen LogP contribution in [0.25, 0.3) is 38.8 Å². The van der Waals surface area contributed by atoms with Crippen molar-refractivity contribution in [3.05, 3.63) is 71.9 Å². The highest BCUT2D eigenvalue weighted by molar-refractivity contribution is 6.09. The third-order valence-corrected chi connectivity index (χ3v) is 6.09. The molecule has 0 amide bonds. The molecule has 3 aromatic carbocycles. The van der Waals surface area contributed by atoms with Gasteiger partial charge in [0.25, 0.3) is 0 Å². The molecule has 0 unspecified atom stereocenters. The Balaban J connectivity index is 1.69. The lowest BCUT2D eigenvalue weighted by Gasteiger charge is -2.09. The first-order chi connectivity index (χ1) is 15.6. The van der Waals surface area contributed by atoms with E-state index in [2.05, 4.69) is 32.0 Å². The fourth-order valence-electron chi connectivity index (χ4n) is 4.19. The molecule has 1 aliphatic rings.